The molecule has 1 amide bonds. The van der Waals surface area contributed by atoms with Gasteiger partial charge in [0.05, 0.1) is 12.6 Å². The molecule has 0 bridgehead atoms. The Balaban J connectivity index is 3.27. The smallest absolute Gasteiger partial charge is 0.207 e. The lowest BCUT2D eigenvalue weighted by atomic mass is 10.1. The van der Waals surface area contributed by atoms with Gasteiger partial charge in [-0.05, 0) is 6.42 Å². The maximum absolute atomic E-state index is 9.98. The molecule has 0 heterocycles. The molecule has 3 heteroatoms. The van der Waals surface area contributed by atoms with Crippen LogP contribution in [-0.2, 0) is 4.79 Å². The molecule has 1 unspecified atom stereocenters. The minimum Gasteiger partial charge on any atom is -0.394 e. The molecule has 0 saturated carbocycles. The summed E-state index contributed by atoms with van der Waals surface area (Å²) in [5.74, 6) is 0. The third-order valence-corrected chi connectivity index (χ3v) is 1.68. The number of nitrogens with one attached hydrogen (secondary N) is 1. The van der Waals surface area contributed by atoms with E-state index in [4.69, 9.17) is 5.11 Å². The molecule has 0 fully saturated rings. The van der Waals surface area contributed by atoms with Crippen LogP contribution in [0.3, 0.4) is 0 Å². The Labute approximate surface area is 67.8 Å². The van der Waals surface area contributed by atoms with Gasteiger partial charge in [-0.2, -0.15) is 0 Å². The molecule has 0 aromatic heterocycles. The van der Waals surface area contributed by atoms with Gasteiger partial charge in [-0.25, -0.2) is 0 Å². The van der Waals surface area contributed by atoms with E-state index in [0.717, 1.165) is 19.3 Å². The molecule has 0 radical (unpaired) electrons. The zero-order valence-electron chi connectivity index (χ0n) is 7.05. The van der Waals surface area contributed by atoms with Crippen LogP contribution in [0.1, 0.15) is 32.6 Å². The number of unbranched alkanes of at least 4 members (excludes halogenated alkanes) is 2. The number of hydrogen-bond donors (Lipinski definition) is 2. The van der Waals surface area contributed by atoms with Crippen LogP contribution in [0.15, 0.2) is 0 Å². The van der Waals surface area contributed by atoms with Crippen molar-refractivity contribution >= 4 is 6.41 Å². The SMILES string of the molecule is CCCCCC(CO)NC=O. The fraction of sp³-hybridized carbons (Fsp3) is 0.875. The Kier molecular flexibility index (Phi) is 7.15. The summed E-state index contributed by atoms with van der Waals surface area (Å²) in [4.78, 5) is 9.98. The third kappa shape index (κ3) is 5.85. The number of carbonyl (C=O) groups is 1. The van der Waals surface area contributed by atoms with Crippen LogP contribution in [-0.4, -0.2) is 24.2 Å². The summed E-state index contributed by atoms with van der Waals surface area (Å²) >= 11 is 0. The number of hydrogen-bond acceptors (Lipinski definition) is 2. The molecule has 0 aliphatic heterocycles. The quantitative estimate of drug-likeness (QED) is 0.424. The Morgan fingerprint density at radius 3 is 2.73 bits per heavy atom. The average Bonchev–Trinajstić information content (AvgIpc) is 2.03. The second-order valence-electron chi connectivity index (χ2n) is 2.66. The summed E-state index contributed by atoms with van der Waals surface area (Å²) < 4.78 is 0. The first-order chi connectivity index (χ1) is 5.35. The van der Waals surface area contributed by atoms with Crippen LogP contribution in [0.25, 0.3) is 0 Å². The lowest BCUT2D eigenvalue weighted by Gasteiger charge is -2.11. The maximum Gasteiger partial charge on any atom is 0.207 e. The van der Waals surface area contributed by atoms with E-state index >= 15 is 0 Å². The van der Waals surface area contributed by atoms with E-state index in [2.05, 4.69) is 12.2 Å². The van der Waals surface area contributed by atoms with Crippen molar-refractivity contribution in [2.75, 3.05) is 6.61 Å². The lowest BCUT2D eigenvalue weighted by Crippen LogP contribution is -2.31. The van der Waals surface area contributed by atoms with Gasteiger partial charge in [-0.1, -0.05) is 26.2 Å². The largest absolute Gasteiger partial charge is 0.394 e. The molecule has 0 aromatic carbocycles. The fourth-order valence-corrected chi connectivity index (χ4v) is 0.964. The minimum absolute atomic E-state index is 0.0425. The van der Waals surface area contributed by atoms with Gasteiger partial charge in [0.15, 0.2) is 0 Å². The summed E-state index contributed by atoms with van der Waals surface area (Å²) in [7, 11) is 0. The standard InChI is InChI=1S/C8H17NO2/c1-2-3-4-5-8(6-10)9-7-11/h7-8,10H,2-6H2,1H3,(H,9,11). The van der Waals surface area contributed by atoms with Crippen molar-refractivity contribution in [3.8, 4) is 0 Å². The molecule has 2 N–H and O–H groups in total. The van der Waals surface area contributed by atoms with Crippen LogP contribution in [0.4, 0.5) is 0 Å². The average molecular weight is 159 g/mol. The summed E-state index contributed by atoms with van der Waals surface area (Å²) in [5, 5.41) is 11.3. The van der Waals surface area contributed by atoms with Crippen molar-refractivity contribution in [1.29, 1.82) is 0 Å². The second-order valence-corrected chi connectivity index (χ2v) is 2.66. The van der Waals surface area contributed by atoms with Gasteiger partial charge in [0.2, 0.25) is 6.41 Å². The van der Waals surface area contributed by atoms with Crippen molar-refractivity contribution in [2.45, 2.75) is 38.6 Å². The molecule has 66 valence electrons. The Bertz CT molecular complexity index is 96.1. The topological polar surface area (TPSA) is 49.3 Å². The molecule has 0 aromatic rings. The Morgan fingerprint density at radius 1 is 1.55 bits per heavy atom. The zero-order chi connectivity index (χ0) is 8.53. The van der Waals surface area contributed by atoms with Gasteiger partial charge in [0, 0.05) is 0 Å². The van der Waals surface area contributed by atoms with E-state index in [1.807, 2.05) is 0 Å². The minimum atomic E-state index is -0.0425. The number of aliphatic hydroxyl groups excluding tert-OH is 1. The predicted octanol–water partition coefficient (Wildman–Crippen LogP) is 0.674. The van der Waals surface area contributed by atoms with Gasteiger partial charge < -0.3 is 10.4 Å². The number of rotatable bonds is 7. The van der Waals surface area contributed by atoms with Crippen LogP contribution in [0, 0.1) is 0 Å². The second kappa shape index (κ2) is 7.54. The van der Waals surface area contributed by atoms with Crippen molar-refractivity contribution in [3.05, 3.63) is 0 Å². The predicted molar refractivity (Wildman–Crippen MR) is 44.2 cm³/mol. The van der Waals surface area contributed by atoms with Crippen LogP contribution < -0.4 is 5.32 Å². The highest BCUT2D eigenvalue weighted by atomic mass is 16.3. The number of amides is 1. The number of aliphatic hydroxyl groups is 1. The first-order valence-electron chi connectivity index (χ1n) is 4.15. The number of carbonyl (C=O) groups excluding carboxylic acids is 1. The van der Waals surface area contributed by atoms with Crippen molar-refractivity contribution in [3.63, 3.8) is 0 Å². The van der Waals surface area contributed by atoms with E-state index in [-0.39, 0.29) is 12.6 Å². The summed E-state index contributed by atoms with van der Waals surface area (Å²) in [6.45, 7) is 2.17. The summed E-state index contributed by atoms with van der Waals surface area (Å²) in [6, 6.07) is -0.0425. The third-order valence-electron chi connectivity index (χ3n) is 1.68. The molecule has 1 atom stereocenters. The van der Waals surface area contributed by atoms with Crippen LogP contribution in [0.2, 0.25) is 0 Å². The highest BCUT2D eigenvalue weighted by Gasteiger charge is 2.03. The first kappa shape index (κ1) is 10.4. The van der Waals surface area contributed by atoms with E-state index in [9.17, 15) is 4.79 Å². The maximum atomic E-state index is 9.98. The highest BCUT2D eigenvalue weighted by Crippen LogP contribution is 2.01. The zero-order valence-corrected chi connectivity index (χ0v) is 7.05. The molecule has 0 aliphatic rings. The molecule has 3 nitrogen and oxygen atoms in total. The summed E-state index contributed by atoms with van der Waals surface area (Å²) in [6.07, 6.45) is 4.93. The lowest BCUT2D eigenvalue weighted by molar-refractivity contribution is -0.110. The van der Waals surface area contributed by atoms with Crippen LogP contribution in [0.5, 0.6) is 0 Å². The van der Waals surface area contributed by atoms with E-state index in [1.165, 1.54) is 6.42 Å². The Hall–Kier alpha value is -0.570. The fourth-order valence-electron chi connectivity index (χ4n) is 0.964. The van der Waals surface area contributed by atoms with Gasteiger partial charge in [-0.3, -0.25) is 4.79 Å². The Morgan fingerprint density at radius 2 is 2.27 bits per heavy atom. The van der Waals surface area contributed by atoms with Gasteiger partial charge in [-0.15, -0.1) is 0 Å². The van der Waals surface area contributed by atoms with Gasteiger partial charge in [0.1, 0.15) is 0 Å². The molecule has 11 heavy (non-hydrogen) atoms. The molecule has 0 aliphatic carbocycles. The van der Waals surface area contributed by atoms with Crippen molar-refractivity contribution in [2.24, 2.45) is 0 Å². The van der Waals surface area contributed by atoms with E-state index < -0.39 is 0 Å². The molecular formula is C8H17NO2. The molecule has 0 rings (SSSR count). The van der Waals surface area contributed by atoms with Gasteiger partial charge in [0.25, 0.3) is 0 Å². The normalized spacial score (nSPS) is 12.5. The molecular weight excluding hydrogens is 142 g/mol. The van der Waals surface area contributed by atoms with Crippen molar-refractivity contribution in [1.82, 2.24) is 5.32 Å². The molecule has 0 saturated heterocycles. The van der Waals surface area contributed by atoms with Crippen molar-refractivity contribution < 1.29 is 9.90 Å². The van der Waals surface area contributed by atoms with Gasteiger partial charge >= 0.3 is 0 Å². The molecule has 0 spiro atoms. The van der Waals surface area contributed by atoms with E-state index in [0.29, 0.717) is 6.41 Å². The monoisotopic (exact) mass is 159 g/mol. The first-order valence-corrected chi connectivity index (χ1v) is 4.15. The van der Waals surface area contributed by atoms with E-state index in [1.54, 1.807) is 0 Å². The summed E-state index contributed by atoms with van der Waals surface area (Å²) in [5.41, 5.74) is 0. The van der Waals surface area contributed by atoms with Crippen LogP contribution >= 0.6 is 0 Å². The highest BCUT2D eigenvalue weighted by molar-refractivity contribution is 5.46.